The highest BCUT2D eigenvalue weighted by molar-refractivity contribution is 6.03. The number of carbonyl (C=O) groups excluding carboxylic acids is 1. The first kappa shape index (κ1) is 12.2. The maximum absolute atomic E-state index is 13.3. The van der Waals surface area contributed by atoms with Gasteiger partial charge in [-0.05, 0) is 24.3 Å². The molecule has 3 nitrogen and oxygen atoms in total. The van der Waals surface area contributed by atoms with Crippen LogP contribution in [-0.4, -0.2) is 10.5 Å². The van der Waals surface area contributed by atoms with Crippen LogP contribution in [-0.2, 0) is 7.05 Å². The summed E-state index contributed by atoms with van der Waals surface area (Å²) in [4.78, 5) is 11.7. The van der Waals surface area contributed by atoms with E-state index in [0.29, 0.717) is 0 Å². The molecule has 0 bridgehead atoms. The van der Waals surface area contributed by atoms with Crippen molar-refractivity contribution in [1.29, 1.82) is 0 Å². The third-order valence-electron chi connectivity index (χ3n) is 2.46. The van der Waals surface area contributed by atoms with E-state index in [4.69, 9.17) is 0 Å². The third-order valence-corrected chi connectivity index (χ3v) is 2.46. The normalized spacial score (nSPS) is 10.4. The van der Waals surface area contributed by atoms with Crippen molar-refractivity contribution < 1.29 is 18.0 Å². The standard InChI is InChI=1S/C12H9F3N2O/c1-17-6-2-3-9(17)12(18)16-8-5-4-7(13)10(14)11(8)15/h2-6H,1H3,(H,16,18). The molecule has 1 aromatic heterocycles. The predicted molar refractivity (Wildman–Crippen MR) is 59.7 cm³/mol. The molecule has 6 heteroatoms. The SMILES string of the molecule is Cn1cccc1C(=O)Nc1ccc(F)c(F)c1F. The number of aromatic nitrogens is 1. The predicted octanol–water partition coefficient (Wildman–Crippen LogP) is 2.69. The Balaban J connectivity index is 2.28. The van der Waals surface area contributed by atoms with E-state index in [-0.39, 0.29) is 5.69 Å². The number of amides is 1. The quantitative estimate of drug-likeness (QED) is 0.821. The Bertz CT molecular complexity index is 607. The summed E-state index contributed by atoms with van der Waals surface area (Å²) in [5, 5.41) is 2.18. The molecule has 0 saturated carbocycles. The Labute approximate surface area is 101 Å². The molecule has 0 aliphatic rings. The maximum Gasteiger partial charge on any atom is 0.272 e. The van der Waals surface area contributed by atoms with Gasteiger partial charge in [0.25, 0.3) is 5.91 Å². The lowest BCUT2D eigenvalue weighted by atomic mass is 10.2. The van der Waals surface area contributed by atoms with Crippen LogP contribution in [0.5, 0.6) is 0 Å². The average Bonchev–Trinajstić information content (AvgIpc) is 2.76. The summed E-state index contributed by atoms with van der Waals surface area (Å²) in [7, 11) is 1.64. The van der Waals surface area contributed by atoms with Gasteiger partial charge in [0.1, 0.15) is 5.69 Å². The van der Waals surface area contributed by atoms with Gasteiger partial charge in [-0.15, -0.1) is 0 Å². The number of nitrogens with one attached hydrogen (secondary N) is 1. The zero-order valence-corrected chi connectivity index (χ0v) is 9.38. The minimum Gasteiger partial charge on any atom is -0.347 e. The molecule has 0 radical (unpaired) electrons. The second-order valence-corrected chi connectivity index (χ2v) is 3.68. The molecule has 0 atom stereocenters. The van der Waals surface area contributed by atoms with Crippen LogP contribution in [0.15, 0.2) is 30.5 Å². The fourth-order valence-corrected chi connectivity index (χ4v) is 1.51. The first-order valence-electron chi connectivity index (χ1n) is 5.07. The van der Waals surface area contributed by atoms with Crippen molar-refractivity contribution in [2.24, 2.45) is 7.05 Å². The van der Waals surface area contributed by atoms with Crippen molar-refractivity contribution in [2.75, 3.05) is 5.32 Å². The van der Waals surface area contributed by atoms with Crippen molar-refractivity contribution in [2.45, 2.75) is 0 Å². The molecular formula is C12H9F3N2O. The number of benzene rings is 1. The summed E-state index contributed by atoms with van der Waals surface area (Å²) >= 11 is 0. The Morgan fingerprint density at radius 1 is 1.17 bits per heavy atom. The molecule has 1 amide bonds. The second-order valence-electron chi connectivity index (χ2n) is 3.68. The lowest BCUT2D eigenvalue weighted by molar-refractivity contribution is 0.101. The maximum atomic E-state index is 13.3. The van der Waals surface area contributed by atoms with E-state index in [1.54, 1.807) is 19.3 Å². The smallest absolute Gasteiger partial charge is 0.272 e. The van der Waals surface area contributed by atoms with Crippen molar-refractivity contribution in [1.82, 2.24) is 4.57 Å². The van der Waals surface area contributed by atoms with E-state index in [1.165, 1.54) is 10.6 Å². The summed E-state index contributed by atoms with van der Waals surface area (Å²) in [5.41, 5.74) is -0.126. The first-order valence-corrected chi connectivity index (χ1v) is 5.07. The molecule has 1 heterocycles. The fourth-order valence-electron chi connectivity index (χ4n) is 1.51. The van der Waals surface area contributed by atoms with Gasteiger partial charge < -0.3 is 9.88 Å². The molecule has 1 aromatic carbocycles. The van der Waals surface area contributed by atoms with Crippen LogP contribution >= 0.6 is 0 Å². The van der Waals surface area contributed by atoms with E-state index in [1.807, 2.05) is 0 Å². The van der Waals surface area contributed by atoms with Crippen LogP contribution in [0.4, 0.5) is 18.9 Å². The number of aryl methyl sites for hydroxylation is 1. The molecule has 0 saturated heterocycles. The van der Waals surface area contributed by atoms with Crippen molar-refractivity contribution in [3.63, 3.8) is 0 Å². The van der Waals surface area contributed by atoms with E-state index >= 15 is 0 Å². The van der Waals surface area contributed by atoms with E-state index in [2.05, 4.69) is 5.32 Å². The highest BCUT2D eigenvalue weighted by atomic mass is 19.2. The van der Waals surface area contributed by atoms with Crippen LogP contribution < -0.4 is 5.32 Å². The van der Waals surface area contributed by atoms with E-state index in [9.17, 15) is 18.0 Å². The first-order chi connectivity index (χ1) is 8.50. The number of halogens is 3. The number of hydrogen-bond donors (Lipinski definition) is 1. The van der Waals surface area contributed by atoms with Crippen molar-refractivity contribution >= 4 is 11.6 Å². The van der Waals surface area contributed by atoms with Crippen LogP contribution in [0.2, 0.25) is 0 Å². The van der Waals surface area contributed by atoms with Gasteiger partial charge in [0.2, 0.25) is 0 Å². The zero-order valence-electron chi connectivity index (χ0n) is 9.38. The Morgan fingerprint density at radius 3 is 2.50 bits per heavy atom. The summed E-state index contributed by atoms with van der Waals surface area (Å²) < 4.78 is 40.5. The lowest BCUT2D eigenvalue weighted by Crippen LogP contribution is -2.16. The number of anilines is 1. The van der Waals surface area contributed by atoms with Crippen LogP contribution in [0, 0.1) is 17.5 Å². The van der Waals surface area contributed by atoms with Gasteiger partial charge in [-0.1, -0.05) is 0 Å². The van der Waals surface area contributed by atoms with Gasteiger partial charge in [-0.3, -0.25) is 4.79 Å². The number of hydrogen-bond acceptors (Lipinski definition) is 1. The molecule has 0 fully saturated rings. The van der Waals surface area contributed by atoms with Gasteiger partial charge in [-0.2, -0.15) is 0 Å². The van der Waals surface area contributed by atoms with Gasteiger partial charge in [0.15, 0.2) is 17.5 Å². The van der Waals surface area contributed by atoms with E-state index < -0.39 is 29.0 Å². The molecule has 0 aliphatic heterocycles. The van der Waals surface area contributed by atoms with E-state index in [0.717, 1.165) is 12.1 Å². The lowest BCUT2D eigenvalue weighted by Gasteiger charge is -2.07. The second kappa shape index (κ2) is 4.56. The molecular weight excluding hydrogens is 245 g/mol. The minimum absolute atomic E-state index is 0.277. The summed E-state index contributed by atoms with van der Waals surface area (Å²) in [5.74, 6) is -4.94. The monoisotopic (exact) mass is 254 g/mol. The van der Waals surface area contributed by atoms with Gasteiger partial charge in [0, 0.05) is 13.2 Å². The molecule has 2 aromatic rings. The summed E-state index contributed by atoms with van der Waals surface area (Å²) in [6.07, 6.45) is 1.64. The average molecular weight is 254 g/mol. The topological polar surface area (TPSA) is 34.0 Å². The van der Waals surface area contributed by atoms with Crippen molar-refractivity contribution in [3.8, 4) is 0 Å². The molecule has 0 spiro atoms. The molecule has 18 heavy (non-hydrogen) atoms. The molecule has 0 aliphatic carbocycles. The van der Waals surface area contributed by atoms with Crippen LogP contribution in [0.1, 0.15) is 10.5 Å². The molecule has 1 N–H and O–H groups in total. The number of nitrogens with zero attached hydrogens (tertiary/aromatic N) is 1. The Hall–Kier alpha value is -2.24. The molecule has 0 unspecified atom stereocenters. The summed E-state index contributed by atoms with van der Waals surface area (Å²) in [6.45, 7) is 0. The number of rotatable bonds is 2. The van der Waals surface area contributed by atoms with Gasteiger partial charge >= 0.3 is 0 Å². The summed E-state index contributed by atoms with van der Waals surface area (Å²) in [6, 6.07) is 4.87. The third kappa shape index (κ3) is 2.09. The molecule has 2 rings (SSSR count). The number of carbonyl (C=O) groups is 1. The largest absolute Gasteiger partial charge is 0.347 e. The Morgan fingerprint density at radius 2 is 1.89 bits per heavy atom. The van der Waals surface area contributed by atoms with Gasteiger partial charge in [0.05, 0.1) is 5.69 Å². The Kier molecular flexibility index (Phi) is 3.10. The highest BCUT2D eigenvalue weighted by Gasteiger charge is 2.16. The highest BCUT2D eigenvalue weighted by Crippen LogP contribution is 2.20. The van der Waals surface area contributed by atoms with Crippen molar-refractivity contribution in [3.05, 3.63) is 53.6 Å². The minimum atomic E-state index is -1.61. The van der Waals surface area contributed by atoms with Crippen LogP contribution in [0.25, 0.3) is 0 Å². The van der Waals surface area contributed by atoms with Crippen LogP contribution in [0.3, 0.4) is 0 Å². The fraction of sp³-hybridized carbons (Fsp3) is 0.0833. The van der Waals surface area contributed by atoms with Gasteiger partial charge in [-0.25, -0.2) is 13.2 Å². The molecule has 94 valence electrons. The zero-order chi connectivity index (χ0) is 13.3.